The number of carbonyl (C=O) groups is 1. The average Bonchev–Trinajstić information content (AvgIpc) is 2.84. The van der Waals surface area contributed by atoms with E-state index < -0.39 is 0 Å². The third kappa shape index (κ3) is 4.38. The maximum atomic E-state index is 12.8. The van der Waals surface area contributed by atoms with Crippen LogP contribution in [0, 0.1) is 0 Å². The van der Waals surface area contributed by atoms with Crippen molar-refractivity contribution < 1.29 is 19.2 Å². The molecule has 0 aromatic heterocycles. The van der Waals surface area contributed by atoms with Gasteiger partial charge in [-0.1, -0.05) is 12.1 Å². The van der Waals surface area contributed by atoms with Crippen LogP contribution in [-0.4, -0.2) is 70.3 Å². The van der Waals surface area contributed by atoms with Crippen LogP contribution in [0.5, 0.6) is 11.5 Å². The summed E-state index contributed by atoms with van der Waals surface area (Å²) < 4.78 is 10.7. The summed E-state index contributed by atoms with van der Waals surface area (Å²) in [5, 5.41) is 0. The summed E-state index contributed by atoms with van der Waals surface area (Å²) in [6.07, 6.45) is 2.15. The van der Waals surface area contributed by atoms with E-state index in [-0.39, 0.29) is 5.91 Å². The van der Waals surface area contributed by atoms with Gasteiger partial charge in [0.15, 0.2) is 0 Å². The molecule has 6 nitrogen and oxygen atoms in total. The SMILES string of the molecule is COc1ccc(C(=O)N2CCC([NH+]3CCN(c4ccccc4OC)CC3)CC2)cc1. The lowest BCUT2D eigenvalue weighted by molar-refractivity contribution is -0.927. The number of nitrogens with one attached hydrogen (secondary N) is 1. The normalized spacial score (nSPS) is 18.3. The van der Waals surface area contributed by atoms with Crippen molar-refractivity contribution >= 4 is 11.6 Å². The molecule has 1 N–H and O–H groups in total. The number of rotatable bonds is 5. The molecule has 0 bridgehead atoms. The maximum absolute atomic E-state index is 12.8. The first-order valence-electron chi connectivity index (χ1n) is 10.9. The number of hydrogen-bond acceptors (Lipinski definition) is 4. The highest BCUT2D eigenvalue weighted by Gasteiger charge is 2.32. The van der Waals surface area contributed by atoms with Gasteiger partial charge in [-0.05, 0) is 36.4 Å². The van der Waals surface area contributed by atoms with Crippen LogP contribution in [0.15, 0.2) is 48.5 Å². The van der Waals surface area contributed by atoms with E-state index in [0.717, 1.165) is 69.2 Å². The number of likely N-dealkylation sites (tertiary alicyclic amines) is 1. The number of hydrogen-bond donors (Lipinski definition) is 1. The highest BCUT2D eigenvalue weighted by molar-refractivity contribution is 5.94. The van der Waals surface area contributed by atoms with Gasteiger partial charge < -0.3 is 24.2 Å². The lowest BCUT2D eigenvalue weighted by Gasteiger charge is -2.41. The van der Waals surface area contributed by atoms with Crippen LogP contribution in [0.4, 0.5) is 5.69 Å². The minimum Gasteiger partial charge on any atom is -0.497 e. The largest absolute Gasteiger partial charge is 0.497 e. The smallest absolute Gasteiger partial charge is 0.253 e. The summed E-state index contributed by atoms with van der Waals surface area (Å²) in [6.45, 7) is 6.04. The number of quaternary nitrogens is 1. The molecule has 2 aromatic rings. The third-order valence-electron chi connectivity index (χ3n) is 6.53. The quantitative estimate of drug-likeness (QED) is 0.815. The number of para-hydroxylation sites is 2. The van der Waals surface area contributed by atoms with Crippen molar-refractivity contribution in [2.75, 3.05) is 58.4 Å². The first-order chi connectivity index (χ1) is 14.7. The van der Waals surface area contributed by atoms with Crippen molar-refractivity contribution in [3.8, 4) is 11.5 Å². The lowest BCUT2D eigenvalue weighted by Crippen LogP contribution is -3.18. The van der Waals surface area contributed by atoms with E-state index in [4.69, 9.17) is 9.47 Å². The van der Waals surface area contributed by atoms with Crippen molar-refractivity contribution in [1.29, 1.82) is 0 Å². The Labute approximate surface area is 179 Å². The number of benzene rings is 2. The average molecular weight is 411 g/mol. The number of nitrogens with zero attached hydrogens (tertiary/aromatic N) is 2. The summed E-state index contributed by atoms with van der Waals surface area (Å²) in [6, 6.07) is 16.3. The number of piperidine rings is 1. The van der Waals surface area contributed by atoms with Crippen molar-refractivity contribution in [1.82, 2.24) is 4.90 Å². The Morgan fingerprint density at radius 1 is 0.900 bits per heavy atom. The number of amides is 1. The Bertz CT molecular complexity index is 839. The second-order valence-corrected chi connectivity index (χ2v) is 8.11. The molecule has 0 radical (unpaired) electrons. The van der Waals surface area contributed by atoms with E-state index in [1.54, 1.807) is 19.1 Å². The molecule has 0 unspecified atom stereocenters. The van der Waals surface area contributed by atoms with Crippen LogP contribution in [0.3, 0.4) is 0 Å². The number of anilines is 1. The van der Waals surface area contributed by atoms with Gasteiger partial charge in [-0.3, -0.25) is 4.79 Å². The fraction of sp³-hybridized carbons (Fsp3) is 0.458. The van der Waals surface area contributed by atoms with Crippen LogP contribution < -0.4 is 19.3 Å². The number of carbonyl (C=O) groups excluding carboxylic acids is 1. The molecule has 0 aliphatic carbocycles. The summed E-state index contributed by atoms with van der Waals surface area (Å²) in [5.41, 5.74) is 1.94. The summed E-state index contributed by atoms with van der Waals surface area (Å²) in [5.74, 6) is 1.86. The maximum Gasteiger partial charge on any atom is 0.253 e. The van der Waals surface area contributed by atoms with Crippen LogP contribution in [0.1, 0.15) is 23.2 Å². The van der Waals surface area contributed by atoms with Gasteiger partial charge in [-0.2, -0.15) is 0 Å². The van der Waals surface area contributed by atoms with E-state index in [9.17, 15) is 4.79 Å². The van der Waals surface area contributed by atoms with Crippen molar-refractivity contribution in [3.63, 3.8) is 0 Å². The molecule has 2 aliphatic heterocycles. The summed E-state index contributed by atoms with van der Waals surface area (Å²) in [7, 11) is 3.38. The van der Waals surface area contributed by atoms with Crippen LogP contribution in [-0.2, 0) is 0 Å². The van der Waals surface area contributed by atoms with E-state index in [0.29, 0.717) is 6.04 Å². The van der Waals surface area contributed by atoms with Gasteiger partial charge >= 0.3 is 0 Å². The monoisotopic (exact) mass is 410 g/mol. The van der Waals surface area contributed by atoms with Crippen molar-refractivity contribution in [3.05, 3.63) is 54.1 Å². The Morgan fingerprint density at radius 2 is 1.57 bits per heavy atom. The zero-order chi connectivity index (χ0) is 20.9. The predicted octanol–water partition coefficient (Wildman–Crippen LogP) is 1.71. The van der Waals surface area contributed by atoms with Gasteiger partial charge in [0.25, 0.3) is 5.91 Å². The van der Waals surface area contributed by atoms with E-state index in [1.165, 1.54) is 5.69 Å². The standard InChI is InChI=1S/C24H31N3O3/c1-29-21-9-7-19(8-10-21)24(28)27-13-11-20(12-14-27)25-15-17-26(18-16-25)22-5-3-4-6-23(22)30-2/h3-10,20H,11-18H2,1-2H3/p+1. The molecular formula is C24H32N3O3+. The van der Waals surface area contributed by atoms with Gasteiger partial charge in [0, 0.05) is 31.5 Å². The Hall–Kier alpha value is -2.73. The van der Waals surface area contributed by atoms with Crippen molar-refractivity contribution in [2.45, 2.75) is 18.9 Å². The van der Waals surface area contributed by atoms with Gasteiger partial charge in [0.2, 0.25) is 0 Å². The molecule has 2 aliphatic rings. The molecular weight excluding hydrogens is 378 g/mol. The van der Waals surface area contributed by atoms with Crippen molar-refractivity contribution in [2.24, 2.45) is 0 Å². The molecule has 0 atom stereocenters. The second-order valence-electron chi connectivity index (χ2n) is 8.11. The molecule has 2 aromatic carbocycles. The zero-order valence-corrected chi connectivity index (χ0v) is 18.0. The fourth-order valence-corrected chi connectivity index (χ4v) is 4.74. The first-order valence-corrected chi connectivity index (χ1v) is 10.9. The summed E-state index contributed by atoms with van der Waals surface area (Å²) in [4.78, 5) is 18.9. The fourth-order valence-electron chi connectivity index (χ4n) is 4.74. The third-order valence-corrected chi connectivity index (χ3v) is 6.53. The van der Waals surface area contributed by atoms with Gasteiger partial charge in [-0.15, -0.1) is 0 Å². The van der Waals surface area contributed by atoms with Crippen LogP contribution in [0.2, 0.25) is 0 Å². The van der Waals surface area contributed by atoms with Crippen LogP contribution >= 0.6 is 0 Å². The van der Waals surface area contributed by atoms with E-state index in [1.807, 2.05) is 41.3 Å². The zero-order valence-electron chi connectivity index (χ0n) is 18.0. The molecule has 0 saturated carbocycles. The summed E-state index contributed by atoms with van der Waals surface area (Å²) >= 11 is 0. The molecule has 6 heteroatoms. The molecule has 1 amide bonds. The second kappa shape index (κ2) is 9.39. The predicted molar refractivity (Wildman–Crippen MR) is 118 cm³/mol. The number of methoxy groups -OCH3 is 2. The van der Waals surface area contributed by atoms with E-state index in [2.05, 4.69) is 17.0 Å². The van der Waals surface area contributed by atoms with Gasteiger partial charge in [0.05, 0.1) is 52.1 Å². The van der Waals surface area contributed by atoms with Gasteiger partial charge in [-0.25, -0.2) is 0 Å². The van der Waals surface area contributed by atoms with Crippen LogP contribution in [0.25, 0.3) is 0 Å². The highest BCUT2D eigenvalue weighted by atomic mass is 16.5. The first kappa shape index (κ1) is 20.5. The molecule has 2 heterocycles. The molecule has 0 spiro atoms. The number of ether oxygens (including phenoxy) is 2. The van der Waals surface area contributed by atoms with Gasteiger partial charge in [0.1, 0.15) is 11.5 Å². The topological polar surface area (TPSA) is 46.5 Å². The minimum atomic E-state index is 0.132. The molecule has 30 heavy (non-hydrogen) atoms. The number of piperazine rings is 1. The van der Waals surface area contributed by atoms with E-state index >= 15 is 0 Å². The Balaban J connectivity index is 1.28. The molecule has 2 fully saturated rings. The Morgan fingerprint density at radius 3 is 2.20 bits per heavy atom. The molecule has 160 valence electrons. The molecule has 4 rings (SSSR count). The Kier molecular flexibility index (Phi) is 6.43. The highest BCUT2D eigenvalue weighted by Crippen LogP contribution is 2.27. The molecule has 2 saturated heterocycles. The lowest BCUT2D eigenvalue weighted by atomic mass is 10.0. The minimum absolute atomic E-state index is 0.132.